The Kier molecular flexibility index (Phi) is 5.43. The van der Waals surface area contributed by atoms with Gasteiger partial charge in [0, 0.05) is 19.2 Å². The van der Waals surface area contributed by atoms with Crippen molar-refractivity contribution in [3.8, 4) is 0 Å². The minimum atomic E-state index is -0.0795. The largest absolute Gasteiger partial charge is 0.373 e. The zero-order valence-corrected chi connectivity index (χ0v) is 18.0. The van der Waals surface area contributed by atoms with Crippen LogP contribution in [0.5, 0.6) is 0 Å². The van der Waals surface area contributed by atoms with Gasteiger partial charge in [0.1, 0.15) is 11.1 Å². The summed E-state index contributed by atoms with van der Waals surface area (Å²) in [4.78, 5) is 8.76. The second-order valence-corrected chi connectivity index (χ2v) is 8.30. The standard InChI is InChI=1S/C20H23ClN8O2/c1-11-3-4-13(28-27-11)5-12-9-30-18-16(10-31-17(12)18)25-19-15(21)7-22-20(26-19)24-14-6-23-29(2)8-14/h3-4,6-8,12,16-18H,5,9-10H2,1-2H3,(H2,22,24,25,26). The number of ether oxygens (including phenoxy) is 2. The Balaban J connectivity index is 1.25. The van der Waals surface area contributed by atoms with Crippen LogP contribution in [0.3, 0.4) is 0 Å². The number of nitrogens with one attached hydrogen (secondary N) is 2. The number of hydrogen-bond acceptors (Lipinski definition) is 9. The van der Waals surface area contributed by atoms with Gasteiger partial charge in [0.15, 0.2) is 5.82 Å². The van der Waals surface area contributed by atoms with Gasteiger partial charge in [-0.05, 0) is 25.5 Å². The number of halogens is 1. The van der Waals surface area contributed by atoms with Crippen LogP contribution in [0.4, 0.5) is 17.5 Å². The van der Waals surface area contributed by atoms with Crippen LogP contribution in [-0.2, 0) is 22.9 Å². The van der Waals surface area contributed by atoms with E-state index >= 15 is 0 Å². The first-order chi connectivity index (χ1) is 15.0. The molecular formula is C20H23ClN8O2. The Hall–Kier alpha value is -2.82. The van der Waals surface area contributed by atoms with Gasteiger partial charge in [-0.1, -0.05) is 11.6 Å². The molecule has 0 bridgehead atoms. The van der Waals surface area contributed by atoms with Crippen LogP contribution >= 0.6 is 11.6 Å². The highest BCUT2D eigenvalue weighted by Gasteiger charge is 2.47. The highest BCUT2D eigenvalue weighted by molar-refractivity contribution is 6.32. The van der Waals surface area contributed by atoms with Gasteiger partial charge in [-0.25, -0.2) is 4.98 Å². The van der Waals surface area contributed by atoms with Gasteiger partial charge in [-0.15, -0.1) is 0 Å². The van der Waals surface area contributed by atoms with E-state index in [1.165, 1.54) is 0 Å². The van der Waals surface area contributed by atoms with Gasteiger partial charge >= 0.3 is 0 Å². The van der Waals surface area contributed by atoms with Crippen molar-refractivity contribution in [2.45, 2.75) is 31.6 Å². The number of hydrogen-bond donors (Lipinski definition) is 2. The molecule has 2 aliphatic heterocycles. The first kappa shape index (κ1) is 20.1. The Morgan fingerprint density at radius 3 is 2.81 bits per heavy atom. The third-order valence-electron chi connectivity index (χ3n) is 5.51. The molecule has 2 saturated heterocycles. The average Bonchev–Trinajstić information content (AvgIpc) is 3.45. The van der Waals surface area contributed by atoms with Crippen LogP contribution in [-0.4, -0.2) is 61.4 Å². The molecule has 4 unspecified atom stereocenters. The first-order valence-electron chi connectivity index (χ1n) is 10.1. The summed E-state index contributed by atoms with van der Waals surface area (Å²) in [5.41, 5.74) is 2.65. The maximum Gasteiger partial charge on any atom is 0.229 e. The van der Waals surface area contributed by atoms with E-state index in [1.807, 2.05) is 32.3 Å². The van der Waals surface area contributed by atoms with E-state index in [0.717, 1.165) is 23.5 Å². The molecule has 4 atom stereocenters. The quantitative estimate of drug-likeness (QED) is 0.592. The predicted molar refractivity (Wildman–Crippen MR) is 114 cm³/mol. The zero-order valence-electron chi connectivity index (χ0n) is 17.2. The molecule has 11 heteroatoms. The highest BCUT2D eigenvalue weighted by atomic mass is 35.5. The summed E-state index contributed by atoms with van der Waals surface area (Å²) in [6.07, 6.45) is 5.79. The lowest BCUT2D eigenvalue weighted by Gasteiger charge is -2.19. The molecule has 0 spiro atoms. The Bertz CT molecular complexity index is 1060. The van der Waals surface area contributed by atoms with E-state index in [-0.39, 0.29) is 24.2 Å². The minimum Gasteiger partial charge on any atom is -0.373 e. The van der Waals surface area contributed by atoms with E-state index in [9.17, 15) is 0 Å². The lowest BCUT2D eigenvalue weighted by atomic mass is 9.95. The zero-order chi connectivity index (χ0) is 21.4. The number of aryl methyl sites for hydroxylation is 2. The number of rotatable bonds is 6. The lowest BCUT2D eigenvalue weighted by Crippen LogP contribution is -2.35. The van der Waals surface area contributed by atoms with E-state index < -0.39 is 0 Å². The van der Waals surface area contributed by atoms with Crippen molar-refractivity contribution < 1.29 is 9.47 Å². The van der Waals surface area contributed by atoms with Crippen molar-refractivity contribution in [1.82, 2.24) is 29.9 Å². The molecule has 2 N–H and O–H groups in total. The van der Waals surface area contributed by atoms with E-state index in [2.05, 4.69) is 35.9 Å². The molecule has 2 aliphatic rings. The molecule has 0 aliphatic carbocycles. The summed E-state index contributed by atoms with van der Waals surface area (Å²) in [5.74, 6) is 1.20. The van der Waals surface area contributed by atoms with Gasteiger partial charge in [-0.2, -0.15) is 20.3 Å². The second-order valence-electron chi connectivity index (χ2n) is 7.89. The molecule has 0 amide bonds. The summed E-state index contributed by atoms with van der Waals surface area (Å²) in [5, 5.41) is 19.5. The van der Waals surface area contributed by atoms with E-state index in [1.54, 1.807) is 17.1 Å². The Labute approximate surface area is 184 Å². The predicted octanol–water partition coefficient (Wildman–Crippen LogP) is 2.14. The summed E-state index contributed by atoms with van der Waals surface area (Å²) in [6, 6.07) is 3.93. The Morgan fingerprint density at radius 2 is 2.03 bits per heavy atom. The maximum atomic E-state index is 6.34. The molecule has 162 valence electrons. The van der Waals surface area contributed by atoms with Crippen molar-refractivity contribution in [3.05, 3.63) is 47.1 Å². The van der Waals surface area contributed by atoms with Crippen LogP contribution in [0.2, 0.25) is 5.02 Å². The van der Waals surface area contributed by atoms with Gasteiger partial charge in [0.05, 0.1) is 54.8 Å². The van der Waals surface area contributed by atoms with Crippen molar-refractivity contribution >= 4 is 29.1 Å². The molecule has 5 rings (SSSR count). The van der Waals surface area contributed by atoms with Crippen LogP contribution < -0.4 is 10.6 Å². The lowest BCUT2D eigenvalue weighted by molar-refractivity contribution is 0.0631. The SMILES string of the molecule is Cc1ccc(CC2COC3C(Nc4nc(Nc5cnn(C)c5)ncc4Cl)COC23)nn1. The molecule has 10 nitrogen and oxygen atoms in total. The first-order valence-corrected chi connectivity index (χ1v) is 10.5. The minimum absolute atomic E-state index is 0.00537. The van der Waals surface area contributed by atoms with Crippen LogP contribution in [0.1, 0.15) is 11.4 Å². The van der Waals surface area contributed by atoms with Crippen LogP contribution in [0, 0.1) is 12.8 Å². The molecular weight excluding hydrogens is 420 g/mol. The van der Waals surface area contributed by atoms with Gasteiger partial charge < -0.3 is 20.1 Å². The molecule has 5 heterocycles. The van der Waals surface area contributed by atoms with Crippen LogP contribution in [0.25, 0.3) is 0 Å². The van der Waals surface area contributed by atoms with Gasteiger partial charge in [0.2, 0.25) is 5.95 Å². The van der Waals surface area contributed by atoms with Crippen LogP contribution in [0.15, 0.2) is 30.7 Å². The molecule has 2 fully saturated rings. The van der Waals surface area contributed by atoms with E-state index in [4.69, 9.17) is 21.1 Å². The number of nitrogens with zero attached hydrogens (tertiary/aromatic N) is 6. The number of fused-ring (bicyclic) bond motifs is 1. The monoisotopic (exact) mass is 442 g/mol. The fourth-order valence-electron chi connectivity index (χ4n) is 4.00. The fourth-order valence-corrected chi connectivity index (χ4v) is 4.15. The highest BCUT2D eigenvalue weighted by Crippen LogP contribution is 2.35. The molecule has 3 aromatic heterocycles. The van der Waals surface area contributed by atoms with Crippen molar-refractivity contribution in [1.29, 1.82) is 0 Å². The molecule has 3 aromatic rings. The molecule has 0 radical (unpaired) electrons. The van der Waals surface area contributed by atoms with Crippen molar-refractivity contribution in [2.24, 2.45) is 13.0 Å². The number of anilines is 3. The molecule has 0 saturated carbocycles. The van der Waals surface area contributed by atoms with Gasteiger partial charge in [-0.3, -0.25) is 4.68 Å². The smallest absolute Gasteiger partial charge is 0.229 e. The maximum absolute atomic E-state index is 6.34. The summed E-state index contributed by atoms with van der Waals surface area (Å²) in [6.45, 7) is 3.06. The third-order valence-corrected chi connectivity index (χ3v) is 5.78. The Morgan fingerprint density at radius 1 is 1.16 bits per heavy atom. The molecule has 0 aromatic carbocycles. The summed E-state index contributed by atoms with van der Waals surface area (Å²) in [7, 11) is 1.84. The molecule has 31 heavy (non-hydrogen) atoms. The summed E-state index contributed by atoms with van der Waals surface area (Å²) < 4.78 is 13.9. The second kappa shape index (κ2) is 8.37. The van der Waals surface area contributed by atoms with Crippen molar-refractivity contribution in [2.75, 3.05) is 23.8 Å². The number of aromatic nitrogens is 6. The van der Waals surface area contributed by atoms with Gasteiger partial charge in [0.25, 0.3) is 0 Å². The fraction of sp³-hybridized carbons (Fsp3) is 0.450. The topological polar surface area (TPSA) is 112 Å². The normalized spacial score (nSPS) is 24.9. The van der Waals surface area contributed by atoms with E-state index in [0.29, 0.717) is 30.0 Å². The van der Waals surface area contributed by atoms with Crippen molar-refractivity contribution in [3.63, 3.8) is 0 Å². The average molecular weight is 443 g/mol. The third kappa shape index (κ3) is 4.32. The summed E-state index contributed by atoms with van der Waals surface area (Å²) >= 11 is 6.34.